The Labute approximate surface area is 155 Å². The lowest BCUT2D eigenvalue weighted by Gasteiger charge is -2.19. The van der Waals surface area contributed by atoms with Gasteiger partial charge in [0.15, 0.2) is 22.9 Å². The van der Waals surface area contributed by atoms with E-state index >= 15 is 0 Å². The second-order valence-corrected chi connectivity index (χ2v) is 6.20. The highest BCUT2D eigenvalue weighted by molar-refractivity contribution is 6.30. The zero-order chi connectivity index (χ0) is 19.0. The van der Waals surface area contributed by atoms with Gasteiger partial charge in [-0.25, -0.2) is 0 Å². The quantitative estimate of drug-likeness (QED) is 0.335. The summed E-state index contributed by atoms with van der Waals surface area (Å²) in [5, 5.41) is 16.0. The fourth-order valence-corrected chi connectivity index (χ4v) is 3.14. The maximum Gasteiger partial charge on any atom is 0.198 e. The van der Waals surface area contributed by atoms with Crippen LogP contribution in [0.5, 0.6) is 0 Å². The predicted molar refractivity (Wildman–Crippen MR) is 100 cm³/mol. The smallest absolute Gasteiger partial charge is 0.198 e. The molecule has 0 atom stereocenters. The molecule has 0 spiro atoms. The molecule has 0 saturated carbocycles. The van der Waals surface area contributed by atoms with E-state index in [1.54, 1.807) is 73.7 Å². The van der Waals surface area contributed by atoms with E-state index in [9.17, 15) is 14.8 Å². The molecule has 1 aliphatic carbocycles. The van der Waals surface area contributed by atoms with Crippen LogP contribution in [0.3, 0.4) is 0 Å². The van der Waals surface area contributed by atoms with Gasteiger partial charge in [-0.15, -0.1) is 10.3 Å². The van der Waals surface area contributed by atoms with Gasteiger partial charge in [-0.3, -0.25) is 9.59 Å². The predicted octanol–water partition coefficient (Wildman–Crippen LogP) is 4.39. The van der Waals surface area contributed by atoms with Gasteiger partial charge in [-0.2, -0.15) is 0 Å². The molecule has 0 unspecified atom stereocenters. The maximum absolute atomic E-state index is 13.0. The number of anilines is 1. The van der Waals surface area contributed by atoms with Crippen molar-refractivity contribution in [1.82, 2.24) is 0 Å². The van der Waals surface area contributed by atoms with Crippen LogP contribution in [0.4, 0.5) is 11.4 Å². The van der Waals surface area contributed by atoms with E-state index in [1.165, 1.54) is 0 Å². The molecule has 0 aliphatic heterocycles. The zero-order valence-corrected chi connectivity index (χ0v) is 14.5. The lowest BCUT2D eigenvalue weighted by molar-refractivity contribution is -0.439. The molecule has 1 aliphatic rings. The van der Waals surface area contributed by atoms with Crippen molar-refractivity contribution in [3.05, 3.63) is 99.8 Å². The van der Waals surface area contributed by atoms with E-state index < -0.39 is 0 Å². The molecule has 0 saturated heterocycles. The third-order valence-electron chi connectivity index (χ3n) is 4.53. The summed E-state index contributed by atoms with van der Waals surface area (Å²) in [7, 11) is 0. The Hall–Kier alpha value is -3.80. The van der Waals surface area contributed by atoms with E-state index in [0.29, 0.717) is 38.5 Å². The molecule has 6 nitrogen and oxygen atoms in total. The summed E-state index contributed by atoms with van der Waals surface area (Å²) in [4.78, 5) is 26.2. The van der Waals surface area contributed by atoms with Crippen molar-refractivity contribution in [2.24, 2.45) is 5.22 Å². The number of benzene rings is 3. The Morgan fingerprint density at radius 2 is 1.44 bits per heavy atom. The van der Waals surface area contributed by atoms with Gasteiger partial charge >= 0.3 is 0 Å². The number of aryl methyl sites for hydroxylation is 1. The molecular weight excluding hydrogens is 342 g/mol. The SMILES string of the molecule is Cc1ccc2c(c1NN=[N+]([O-])c1ccccc1)C(=O)c1ccccc1C2=O. The summed E-state index contributed by atoms with van der Waals surface area (Å²) in [6, 6.07) is 18.6. The minimum atomic E-state index is -0.265. The van der Waals surface area contributed by atoms with Crippen molar-refractivity contribution >= 4 is 22.9 Å². The number of ketones is 2. The third-order valence-corrected chi connectivity index (χ3v) is 4.53. The Morgan fingerprint density at radius 1 is 0.815 bits per heavy atom. The number of hydrogen-bond donors (Lipinski definition) is 1. The van der Waals surface area contributed by atoms with Gasteiger partial charge in [0.2, 0.25) is 0 Å². The first-order valence-corrected chi connectivity index (χ1v) is 8.39. The van der Waals surface area contributed by atoms with Crippen LogP contribution < -0.4 is 5.43 Å². The summed E-state index contributed by atoms with van der Waals surface area (Å²) in [6.45, 7) is 1.79. The fraction of sp³-hybridized carbons (Fsp3) is 0.0476. The van der Waals surface area contributed by atoms with Crippen molar-refractivity contribution in [1.29, 1.82) is 0 Å². The summed E-state index contributed by atoms with van der Waals surface area (Å²) < 4.78 is 0. The zero-order valence-electron chi connectivity index (χ0n) is 14.5. The number of nitrogens with one attached hydrogen (secondary N) is 1. The fourth-order valence-electron chi connectivity index (χ4n) is 3.14. The van der Waals surface area contributed by atoms with Crippen LogP contribution in [0, 0.1) is 12.1 Å². The molecular formula is C21H15N3O3. The van der Waals surface area contributed by atoms with Gasteiger partial charge in [0.25, 0.3) is 0 Å². The molecule has 132 valence electrons. The highest BCUT2D eigenvalue weighted by atomic mass is 16.5. The Morgan fingerprint density at radius 3 is 2.15 bits per heavy atom. The molecule has 0 amide bonds. The minimum Gasteiger partial charge on any atom is -0.691 e. The topological polar surface area (TPSA) is 84.6 Å². The number of fused-ring (bicyclic) bond motifs is 2. The number of carbonyl (C=O) groups excluding carboxylic acids is 2. The average Bonchev–Trinajstić information content (AvgIpc) is 2.71. The summed E-state index contributed by atoms with van der Waals surface area (Å²) in [5.74, 6) is -0.482. The van der Waals surface area contributed by atoms with Crippen LogP contribution in [-0.2, 0) is 0 Å². The Balaban J connectivity index is 1.80. The first-order chi connectivity index (χ1) is 13.1. The number of rotatable bonds is 3. The number of carbonyl (C=O) groups is 2. The lowest BCUT2D eigenvalue weighted by atomic mass is 9.82. The molecule has 4 rings (SSSR count). The van der Waals surface area contributed by atoms with Crippen LogP contribution in [0.15, 0.2) is 72.0 Å². The monoisotopic (exact) mass is 357 g/mol. The highest BCUT2D eigenvalue weighted by Crippen LogP contribution is 2.34. The van der Waals surface area contributed by atoms with Gasteiger partial charge in [-0.1, -0.05) is 48.5 Å². The number of para-hydroxylation sites is 1. The molecule has 1 N–H and O–H groups in total. The van der Waals surface area contributed by atoms with Crippen LogP contribution >= 0.6 is 0 Å². The van der Waals surface area contributed by atoms with Crippen LogP contribution in [-0.4, -0.2) is 16.4 Å². The lowest BCUT2D eigenvalue weighted by Crippen LogP contribution is -2.22. The molecule has 0 radical (unpaired) electrons. The van der Waals surface area contributed by atoms with E-state index in [4.69, 9.17) is 0 Å². The third kappa shape index (κ3) is 2.77. The maximum atomic E-state index is 13.0. The van der Waals surface area contributed by atoms with E-state index in [-0.39, 0.29) is 17.1 Å². The average molecular weight is 357 g/mol. The largest absolute Gasteiger partial charge is 0.691 e. The van der Waals surface area contributed by atoms with Crippen molar-refractivity contribution in [2.45, 2.75) is 6.92 Å². The molecule has 0 heterocycles. The number of nitrogens with zero attached hydrogens (tertiary/aromatic N) is 2. The van der Waals surface area contributed by atoms with E-state index in [0.717, 1.165) is 0 Å². The molecule has 0 bridgehead atoms. The normalized spacial score (nSPS) is 13.1. The summed E-state index contributed by atoms with van der Waals surface area (Å²) in [5.41, 5.74) is 5.38. The van der Waals surface area contributed by atoms with Gasteiger partial charge in [0.1, 0.15) is 0 Å². The molecule has 27 heavy (non-hydrogen) atoms. The standard InChI is InChI=1S/C21H15N3O3/c1-13-11-12-17-18(21(26)16-10-6-5-9-15(16)20(17)25)19(13)22-23-24(27)14-7-3-2-4-8-14/h2-12,22H,1H3. The van der Waals surface area contributed by atoms with Crippen molar-refractivity contribution in [3.8, 4) is 0 Å². The van der Waals surface area contributed by atoms with Crippen molar-refractivity contribution in [3.63, 3.8) is 0 Å². The van der Waals surface area contributed by atoms with Crippen molar-refractivity contribution in [2.75, 3.05) is 5.43 Å². The van der Waals surface area contributed by atoms with Crippen LogP contribution in [0.25, 0.3) is 0 Å². The molecule has 0 aromatic heterocycles. The molecule has 6 heteroatoms. The summed E-state index contributed by atoms with van der Waals surface area (Å²) >= 11 is 0. The van der Waals surface area contributed by atoms with E-state index in [2.05, 4.69) is 10.6 Å². The minimum absolute atomic E-state index is 0.217. The first-order valence-electron chi connectivity index (χ1n) is 8.39. The second-order valence-electron chi connectivity index (χ2n) is 6.20. The van der Waals surface area contributed by atoms with Gasteiger partial charge < -0.3 is 5.21 Å². The molecule has 3 aromatic carbocycles. The Bertz CT molecular complexity index is 1100. The Kier molecular flexibility index (Phi) is 4.01. The summed E-state index contributed by atoms with van der Waals surface area (Å²) in [6.07, 6.45) is 0. The van der Waals surface area contributed by atoms with Crippen LogP contribution in [0.2, 0.25) is 0 Å². The number of hydrogen-bond acceptors (Lipinski definition) is 4. The second kappa shape index (κ2) is 6.49. The van der Waals surface area contributed by atoms with Crippen LogP contribution in [0.1, 0.15) is 37.4 Å². The first kappa shape index (κ1) is 16.7. The van der Waals surface area contributed by atoms with Crippen molar-refractivity contribution < 1.29 is 14.4 Å². The molecule has 0 fully saturated rings. The molecule has 3 aromatic rings. The van der Waals surface area contributed by atoms with Gasteiger partial charge in [0, 0.05) is 16.7 Å². The van der Waals surface area contributed by atoms with E-state index in [1.807, 2.05) is 0 Å². The highest BCUT2D eigenvalue weighted by Gasteiger charge is 2.33. The van der Waals surface area contributed by atoms with Gasteiger partial charge in [-0.05, 0) is 30.7 Å². The van der Waals surface area contributed by atoms with Gasteiger partial charge in [0.05, 0.1) is 10.8 Å².